The van der Waals surface area contributed by atoms with E-state index in [2.05, 4.69) is 21.7 Å². The van der Waals surface area contributed by atoms with Gasteiger partial charge in [-0.25, -0.2) is 4.99 Å². The van der Waals surface area contributed by atoms with Crippen molar-refractivity contribution in [1.82, 2.24) is 0 Å². The molecule has 0 bridgehead atoms. The second kappa shape index (κ2) is 4.38. The second-order valence-corrected chi connectivity index (χ2v) is 2.41. The standard InChI is InChI=1S/C9H11N3/c1-8(4-3-5-10-2)9-6-11-7-12-9/h3-5,7H,2,6H2,1H3/b5-3-,8-4+. The van der Waals surface area contributed by atoms with Crippen molar-refractivity contribution in [2.75, 3.05) is 6.54 Å². The molecule has 1 rings (SSSR count). The lowest BCUT2D eigenvalue weighted by molar-refractivity contribution is 1.33. The summed E-state index contributed by atoms with van der Waals surface area (Å²) in [5.74, 6) is 0. The van der Waals surface area contributed by atoms with Crippen molar-refractivity contribution in [2.24, 2.45) is 15.0 Å². The lowest BCUT2D eigenvalue weighted by Crippen LogP contribution is -1.99. The van der Waals surface area contributed by atoms with Crippen LogP contribution in [0, 0.1) is 0 Å². The van der Waals surface area contributed by atoms with Crippen molar-refractivity contribution >= 4 is 18.8 Å². The molecule has 3 nitrogen and oxygen atoms in total. The molecule has 0 amide bonds. The van der Waals surface area contributed by atoms with Gasteiger partial charge in [0.25, 0.3) is 0 Å². The van der Waals surface area contributed by atoms with Crippen LogP contribution in [0.1, 0.15) is 6.92 Å². The van der Waals surface area contributed by atoms with E-state index in [1.807, 2.05) is 19.1 Å². The van der Waals surface area contributed by atoms with Crippen LogP contribution in [0.4, 0.5) is 0 Å². The van der Waals surface area contributed by atoms with Crippen LogP contribution in [0.5, 0.6) is 0 Å². The topological polar surface area (TPSA) is 37.1 Å². The maximum atomic E-state index is 4.09. The van der Waals surface area contributed by atoms with E-state index in [9.17, 15) is 0 Å². The van der Waals surface area contributed by atoms with Crippen molar-refractivity contribution in [1.29, 1.82) is 0 Å². The fraction of sp³-hybridized carbons (Fsp3) is 0.222. The van der Waals surface area contributed by atoms with Crippen molar-refractivity contribution in [3.63, 3.8) is 0 Å². The molecule has 1 aliphatic heterocycles. The second-order valence-electron chi connectivity index (χ2n) is 2.41. The predicted molar refractivity (Wildman–Crippen MR) is 53.2 cm³/mol. The van der Waals surface area contributed by atoms with E-state index in [-0.39, 0.29) is 0 Å². The zero-order valence-corrected chi connectivity index (χ0v) is 7.07. The molecule has 0 aromatic rings. The van der Waals surface area contributed by atoms with Gasteiger partial charge in [-0.2, -0.15) is 0 Å². The summed E-state index contributed by atoms with van der Waals surface area (Å²) in [6.45, 7) is 6.03. The summed E-state index contributed by atoms with van der Waals surface area (Å²) in [7, 11) is 0. The molecule has 0 fully saturated rings. The monoisotopic (exact) mass is 161 g/mol. The highest BCUT2D eigenvalue weighted by Crippen LogP contribution is 2.01. The minimum Gasteiger partial charge on any atom is -0.273 e. The summed E-state index contributed by atoms with van der Waals surface area (Å²) in [4.78, 5) is 11.7. The van der Waals surface area contributed by atoms with Gasteiger partial charge in [0.05, 0.1) is 12.3 Å². The van der Waals surface area contributed by atoms with Crippen molar-refractivity contribution in [2.45, 2.75) is 6.92 Å². The van der Waals surface area contributed by atoms with Gasteiger partial charge < -0.3 is 0 Å². The lowest BCUT2D eigenvalue weighted by atomic mass is 10.2. The highest BCUT2D eigenvalue weighted by molar-refractivity contribution is 6.07. The average Bonchev–Trinajstić information content (AvgIpc) is 2.56. The first-order valence-corrected chi connectivity index (χ1v) is 3.69. The molecule has 0 saturated carbocycles. The first kappa shape index (κ1) is 8.59. The van der Waals surface area contributed by atoms with E-state index in [1.165, 1.54) is 0 Å². The number of hydrogen-bond acceptors (Lipinski definition) is 3. The third-order valence-electron chi connectivity index (χ3n) is 1.53. The molecule has 1 heterocycles. The predicted octanol–water partition coefficient (Wildman–Crippen LogP) is 1.63. The minimum atomic E-state index is 0.692. The molecule has 62 valence electrons. The number of aliphatic imine (C=N–C) groups is 3. The Morgan fingerprint density at radius 2 is 2.58 bits per heavy atom. The summed E-state index contributed by atoms with van der Waals surface area (Å²) >= 11 is 0. The molecular formula is C9H11N3. The molecule has 1 aliphatic rings. The molecule has 0 unspecified atom stereocenters. The van der Waals surface area contributed by atoms with Crippen LogP contribution in [0.3, 0.4) is 0 Å². The van der Waals surface area contributed by atoms with Gasteiger partial charge in [0, 0.05) is 6.20 Å². The van der Waals surface area contributed by atoms with Crippen molar-refractivity contribution in [3.05, 3.63) is 23.9 Å². The van der Waals surface area contributed by atoms with E-state index >= 15 is 0 Å². The largest absolute Gasteiger partial charge is 0.273 e. The molecule has 0 aliphatic carbocycles. The first-order chi connectivity index (χ1) is 5.84. The van der Waals surface area contributed by atoms with Gasteiger partial charge >= 0.3 is 0 Å². The number of hydrogen-bond donors (Lipinski definition) is 0. The molecule has 12 heavy (non-hydrogen) atoms. The molecule has 0 aromatic heterocycles. The molecule has 0 spiro atoms. The Balaban J connectivity index is 2.57. The Morgan fingerprint density at radius 1 is 1.75 bits per heavy atom. The normalized spacial score (nSPS) is 17.1. The van der Waals surface area contributed by atoms with E-state index < -0.39 is 0 Å². The van der Waals surface area contributed by atoms with Crippen molar-refractivity contribution < 1.29 is 0 Å². The summed E-state index contributed by atoms with van der Waals surface area (Å²) in [6, 6.07) is 0. The highest BCUT2D eigenvalue weighted by atomic mass is 14.9. The van der Waals surface area contributed by atoms with Crippen LogP contribution < -0.4 is 0 Å². The Kier molecular flexibility index (Phi) is 3.14. The van der Waals surface area contributed by atoms with Gasteiger partial charge in [0.1, 0.15) is 6.34 Å². The van der Waals surface area contributed by atoms with Gasteiger partial charge in [0.15, 0.2) is 0 Å². The Bertz CT molecular complexity index is 282. The fourth-order valence-corrected chi connectivity index (χ4v) is 0.850. The van der Waals surface area contributed by atoms with Gasteiger partial charge in [0.2, 0.25) is 0 Å². The van der Waals surface area contributed by atoms with Crippen LogP contribution in [0.2, 0.25) is 0 Å². The number of allylic oxidation sites excluding steroid dienone is 2. The fourth-order valence-electron chi connectivity index (χ4n) is 0.850. The van der Waals surface area contributed by atoms with E-state index in [1.54, 1.807) is 12.5 Å². The van der Waals surface area contributed by atoms with Gasteiger partial charge in [-0.05, 0) is 25.3 Å². The summed E-state index contributed by atoms with van der Waals surface area (Å²) in [6.07, 6.45) is 7.01. The zero-order chi connectivity index (χ0) is 8.81. The molecule has 0 aromatic carbocycles. The Labute approximate surface area is 72.0 Å². The van der Waals surface area contributed by atoms with Crippen LogP contribution in [-0.4, -0.2) is 25.3 Å². The first-order valence-electron chi connectivity index (χ1n) is 3.69. The van der Waals surface area contributed by atoms with Crippen LogP contribution in [-0.2, 0) is 0 Å². The molecular weight excluding hydrogens is 150 g/mol. The maximum absolute atomic E-state index is 4.09. The van der Waals surface area contributed by atoms with Crippen LogP contribution >= 0.6 is 0 Å². The SMILES string of the molecule is C=N/C=C\C=C(/C)C1=NC=NC1. The third-order valence-corrected chi connectivity index (χ3v) is 1.53. The van der Waals surface area contributed by atoms with E-state index in [0.717, 1.165) is 11.3 Å². The van der Waals surface area contributed by atoms with Crippen molar-refractivity contribution in [3.8, 4) is 0 Å². The smallest absolute Gasteiger partial charge is 0.110 e. The third kappa shape index (κ3) is 2.27. The molecule has 0 saturated heterocycles. The minimum absolute atomic E-state index is 0.692. The van der Waals surface area contributed by atoms with E-state index in [0.29, 0.717) is 6.54 Å². The lowest BCUT2D eigenvalue weighted by Gasteiger charge is -1.95. The number of rotatable bonds is 3. The number of nitrogens with zero attached hydrogens (tertiary/aromatic N) is 3. The Hall–Kier alpha value is -1.51. The zero-order valence-electron chi connectivity index (χ0n) is 7.07. The van der Waals surface area contributed by atoms with Crippen LogP contribution in [0.25, 0.3) is 0 Å². The quantitative estimate of drug-likeness (QED) is 0.445. The summed E-state index contributed by atoms with van der Waals surface area (Å²) < 4.78 is 0. The summed E-state index contributed by atoms with van der Waals surface area (Å²) in [5, 5.41) is 0. The molecule has 0 atom stereocenters. The van der Waals surface area contributed by atoms with Gasteiger partial charge in [-0.1, -0.05) is 6.08 Å². The molecule has 0 N–H and O–H groups in total. The molecule has 0 radical (unpaired) electrons. The van der Waals surface area contributed by atoms with E-state index in [4.69, 9.17) is 0 Å². The average molecular weight is 161 g/mol. The van der Waals surface area contributed by atoms with Gasteiger partial charge in [-0.15, -0.1) is 0 Å². The van der Waals surface area contributed by atoms with Gasteiger partial charge in [-0.3, -0.25) is 9.98 Å². The molecule has 3 heteroatoms. The highest BCUT2D eigenvalue weighted by Gasteiger charge is 2.02. The van der Waals surface area contributed by atoms with Crippen LogP contribution in [0.15, 0.2) is 38.9 Å². The summed E-state index contributed by atoms with van der Waals surface area (Å²) in [5.41, 5.74) is 2.14. The maximum Gasteiger partial charge on any atom is 0.110 e. The Morgan fingerprint density at radius 3 is 3.17 bits per heavy atom.